The zero-order valence-corrected chi connectivity index (χ0v) is 12.3. The molecule has 0 atom stereocenters. The molecular weight excluding hydrogens is 254 g/mol. The number of thiazole rings is 1. The molecule has 0 saturated heterocycles. The largest absolute Gasteiger partial charge is 0.371 e. The van der Waals surface area contributed by atoms with Crippen molar-refractivity contribution in [1.82, 2.24) is 4.98 Å². The normalized spacial score (nSPS) is 22.6. The Morgan fingerprint density at radius 3 is 2.47 bits per heavy atom. The van der Waals surface area contributed by atoms with E-state index in [1.165, 1.54) is 12.8 Å². The van der Waals surface area contributed by atoms with Crippen LogP contribution < -0.4 is 0 Å². The van der Waals surface area contributed by atoms with Crippen LogP contribution in [-0.4, -0.2) is 12.1 Å². The van der Waals surface area contributed by atoms with Crippen LogP contribution in [0.4, 0.5) is 0 Å². The summed E-state index contributed by atoms with van der Waals surface area (Å²) in [7, 11) is 1.81. The van der Waals surface area contributed by atoms with Gasteiger partial charge in [-0.1, -0.05) is 13.8 Å². The third kappa shape index (κ3) is 2.67. The van der Waals surface area contributed by atoms with Crippen molar-refractivity contribution < 1.29 is 4.74 Å². The van der Waals surface area contributed by atoms with Crippen LogP contribution >= 0.6 is 22.9 Å². The number of hydrogen-bond donors (Lipinski definition) is 0. The molecule has 0 amide bonds. The number of halogens is 1. The van der Waals surface area contributed by atoms with E-state index in [1.54, 1.807) is 18.4 Å². The summed E-state index contributed by atoms with van der Waals surface area (Å²) >= 11 is 7.54. The summed E-state index contributed by atoms with van der Waals surface area (Å²) in [5, 5.41) is 1.10. The van der Waals surface area contributed by atoms with E-state index in [1.807, 2.05) is 6.20 Å². The molecule has 0 unspecified atom stereocenters. The molecule has 1 saturated carbocycles. The van der Waals surface area contributed by atoms with Crippen LogP contribution in [0, 0.1) is 5.41 Å². The molecule has 1 aliphatic carbocycles. The Labute approximate surface area is 112 Å². The van der Waals surface area contributed by atoms with Crippen LogP contribution in [0.25, 0.3) is 0 Å². The SMILES string of the molecule is COC1(c2ncc(CCl)s2)CCC(C)(C)CC1. The number of hydrogen-bond acceptors (Lipinski definition) is 3. The van der Waals surface area contributed by atoms with E-state index in [2.05, 4.69) is 18.8 Å². The Morgan fingerprint density at radius 2 is 2.00 bits per heavy atom. The summed E-state index contributed by atoms with van der Waals surface area (Å²) in [6.45, 7) is 4.66. The minimum Gasteiger partial charge on any atom is -0.371 e. The maximum Gasteiger partial charge on any atom is 0.125 e. The maximum absolute atomic E-state index is 5.84. The van der Waals surface area contributed by atoms with E-state index in [0.29, 0.717) is 11.3 Å². The lowest BCUT2D eigenvalue weighted by Gasteiger charge is -2.41. The van der Waals surface area contributed by atoms with E-state index in [-0.39, 0.29) is 5.60 Å². The highest BCUT2D eigenvalue weighted by atomic mass is 35.5. The van der Waals surface area contributed by atoms with Gasteiger partial charge in [0.15, 0.2) is 0 Å². The first-order chi connectivity index (χ1) is 8.01. The van der Waals surface area contributed by atoms with Gasteiger partial charge in [-0.05, 0) is 31.1 Å². The van der Waals surface area contributed by atoms with E-state index in [4.69, 9.17) is 16.3 Å². The lowest BCUT2D eigenvalue weighted by Crippen LogP contribution is -2.36. The Bertz CT molecular complexity index is 379. The number of ether oxygens (including phenoxy) is 1. The van der Waals surface area contributed by atoms with Gasteiger partial charge in [0.2, 0.25) is 0 Å². The van der Waals surface area contributed by atoms with Crippen LogP contribution in [0.3, 0.4) is 0 Å². The van der Waals surface area contributed by atoms with Crippen molar-refractivity contribution in [1.29, 1.82) is 0 Å². The van der Waals surface area contributed by atoms with E-state index < -0.39 is 0 Å². The lowest BCUT2D eigenvalue weighted by atomic mass is 9.71. The Balaban J connectivity index is 2.21. The van der Waals surface area contributed by atoms with Gasteiger partial charge >= 0.3 is 0 Å². The molecule has 0 bridgehead atoms. The van der Waals surface area contributed by atoms with Gasteiger partial charge in [-0.3, -0.25) is 0 Å². The average molecular weight is 274 g/mol. The molecule has 0 aliphatic heterocycles. The van der Waals surface area contributed by atoms with Gasteiger partial charge in [0.25, 0.3) is 0 Å². The van der Waals surface area contributed by atoms with Crippen molar-refractivity contribution in [2.24, 2.45) is 5.41 Å². The van der Waals surface area contributed by atoms with E-state index in [0.717, 1.165) is 22.7 Å². The quantitative estimate of drug-likeness (QED) is 0.765. The third-order valence-electron chi connectivity index (χ3n) is 3.88. The highest BCUT2D eigenvalue weighted by molar-refractivity contribution is 7.11. The molecule has 1 aromatic rings. The first-order valence-electron chi connectivity index (χ1n) is 6.08. The summed E-state index contributed by atoms with van der Waals surface area (Å²) in [5.74, 6) is 0.545. The molecule has 2 rings (SSSR count). The van der Waals surface area contributed by atoms with Crippen molar-refractivity contribution in [3.8, 4) is 0 Å². The molecular formula is C13H20ClNOS. The first-order valence-corrected chi connectivity index (χ1v) is 7.43. The average Bonchev–Trinajstić information content (AvgIpc) is 2.79. The van der Waals surface area contributed by atoms with E-state index in [9.17, 15) is 0 Å². The predicted octanol–water partition coefficient (Wildman–Crippen LogP) is 4.32. The monoisotopic (exact) mass is 273 g/mol. The minimum atomic E-state index is -0.162. The van der Waals surface area contributed by atoms with Gasteiger partial charge in [-0.15, -0.1) is 22.9 Å². The molecule has 0 spiro atoms. The van der Waals surface area contributed by atoms with Gasteiger partial charge in [-0.25, -0.2) is 4.98 Å². The lowest BCUT2D eigenvalue weighted by molar-refractivity contribution is -0.0667. The Morgan fingerprint density at radius 1 is 1.35 bits per heavy atom. The Hall–Kier alpha value is -0.120. The minimum absolute atomic E-state index is 0.162. The first kappa shape index (κ1) is 13.3. The van der Waals surface area contributed by atoms with Crippen molar-refractivity contribution in [3.63, 3.8) is 0 Å². The molecule has 1 fully saturated rings. The smallest absolute Gasteiger partial charge is 0.125 e. The third-order valence-corrected chi connectivity index (χ3v) is 5.51. The van der Waals surface area contributed by atoms with Crippen LogP contribution in [-0.2, 0) is 16.2 Å². The molecule has 0 aromatic carbocycles. The van der Waals surface area contributed by atoms with Crippen LogP contribution in [0.5, 0.6) is 0 Å². The molecule has 0 N–H and O–H groups in total. The Kier molecular flexibility index (Phi) is 3.81. The molecule has 0 radical (unpaired) electrons. The van der Waals surface area contributed by atoms with Gasteiger partial charge in [0.1, 0.15) is 10.6 Å². The molecule has 2 nitrogen and oxygen atoms in total. The standard InChI is InChI=1S/C13H20ClNOS/c1-12(2)4-6-13(16-3,7-5-12)11-15-9-10(8-14)17-11/h9H,4-8H2,1-3H3. The predicted molar refractivity (Wildman–Crippen MR) is 72.6 cm³/mol. The van der Waals surface area contributed by atoms with Crippen LogP contribution in [0.2, 0.25) is 0 Å². The summed E-state index contributed by atoms with van der Waals surface area (Å²) < 4.78 is 5.82. The van der Waals surface area contributed by atoms with Crippen LogP contribution in [0.1, 0.15) is 49.4 Å². The second-order valence-electron chi connectivity index (χ2n) is 5.63. The molecule has 1 aliphatic rings. The molecule has 96 valence electrons. The zero-order valence-electron chi connectivity index (χ0n) is 10.8. The molecule has 4 heteroatoms. The highest BCUT2D eigenvalue weighted by Gasteiger charge is 2.41. The topological polar surface area (TPSA) is 22.1 Å². The zero-order chi connectivity index (χ0) is 12.5. The van der Waals surface area contributed by atoms with Crippen molar-refractivity contribution >= 4 is 22.9 Å². The number of aromatic nitrogens is 1. The second kappa shape index (κ2) is 4.87. The fourth-order valence-corrected chi connectivity index (χ4v) is 3.64. The number of rotatable bonds is 3. The van der Waals surface area contributed by atoms with Crippen molar-refractivity contribution in [2.75, 3.05) is 7.11 Å². The fourth-order valence-electron chi connectivity index (χ4n) is 2.42. The van der Waals surface area contributed by atoms with Gasteiger partial charge < -0.3 is 4.74 Å². The number of methoxy groups -OCH3 is 1. The molecule has 1 heterocycles. The van der Waals surface area contributed by atoms with Crippen molar-refractivity contribution in [3.05, 3.63) is 16.1 Å². The van der Waals surface area contributed by atoms with Gasteiger partial charge in [0, 0.05) is 18.2 Å². The maximum atomic E-state index is 5.84. The summed E-state index contributed by atoms with van der Waals surface area (Å²) in [6.07, 6.45) is 6.39. The fraction of sp³-hybridized carbons (Fsp3) is 0.769. The molecule has 17 heavy (non-hydrogen) atoms. The van der Waals surface area contributed by atoms with Gasteiger partial charge in [0.05, 0.1) is 5.88 Å². The summed E-state index contributed by atoms with van der Waals surface area (Å²) in [6, 6.07) is 0. The van der Waals surface area contributed by atoms with E-state index >= 15 is 0 Å². The summed E-state index contributed by atoms with van der Waals surface area (Å²) in [4.78, 5) is 5.64. The van der Waals surface area contributed by atoms with Gasteiger partial charge in [-0.2, -0.15) is 0 Å². The second-order valence-corrected chi connectivity index (χ2v) is 7.01. The number of alkyl halides is 1. The number of nitrogens with zero attached hydrogens (tertiary/aromatic N) is 1. The van der Waals surface area contributed by atoms with Crippen LogP contribution in [0.15, 0.2) is 6.20 Å². The molecule has 1 aromatic heterocycles. The van der Waals surface area contributed by atoms with Crippen molar-refractivity contribution in [2.45, 2.75) is 51.0 Å². The highest BCUT2D eigenvalue weighted by Crippen LogP contribution is 2.47. The summed E-state index contributed by atoms with van der Waals surface area (Å²) in [5.41, 5.74) is 0.277.